The van der Waals surface area contributed by atoms with Gasteiger partial charge < -0.3 is 4.52 Å². The fourth-order valence-electron chi connectivity index (χ4n) is 3.50. The molecule has 0 radical (unpaired) electrons. The summed E-state index contributed by atoms with van der Waals surface area (Å²) in [5.74, 6) is 0.524. The average molecular weight is 334 g/mol. The van der Waals surface area contributed by atoms with Crippen molar-refractivity contribution in [3.63, 3.8) is 0 Å². The maximum Gasteiger partial charge on any atom is 0.249 e. The first-order chi connectivity index (χ1) is 10.8. The van der Waals surface area contributed by atoms with E-state index in [4.69, 9.17) is 4.52 Å². The van der Waals surface area contributed by atoms with Crippen LogP contribution < -0.4 is 0 Å². The van der Waals surface area contributed by atoms with Gasteiger partial charge in [-0.2, -0.15) is 4.31 Å². The van der Waals surface area contributed by atoms with E-state index < -0.39 is 10.0 Å². The number of fused-ring (bicyclic) bond motifs is 1. The lowest BCUT2D eigenvalue weighted by atomic mass is 9.88. The summed E-state index contributed by atoms with van der Waals surface area (Å²) in [5.41, 5.74) is 2.75. The predicted octanol–water partition coefficient (Wildman–Crippen LogP) is 3.24. The molecular weight excluding hydrogens is 312 g/mol. The Morgan fingerprint density at radius 3 is 2.57 bits per heavy atom. The molecule has 0 saturated heterocycles. The van der Waals surface area contributed by atoms with Crippen molar-refractivity contribution >= 4 is 10.0 Å². The van der Waals surface area contributed by atoms with E-state index in [1.165, 1.54) is 5.56 Å². The van der Waals surface area contributed by atoms with Crippen LogP contribution >= 0.6 is 0 Å². The minimum atomic E-state index is -3.64. The molecule has 0 N–H and O–H groups in total. The molecule has 1 unspecified atom stereocenters. The Bertz CT molecular complexity index is 805. The average Bonchev–Trinajstić information content (AvgIpc) is 2.85. The summed E-state index contributed by atoms with van der Waals surface area (Å²) >= 11 is 0. The largest absolute Gasteiger partial charge is 0.360 e. The molecule has 0 bridgehead atoms. The van der Waals surface area contributed by atoms with Gasteiger partial charge in [0.2, 0.25) is 10.0 Å². The molecule has 1 aromatic heterocycles. The first-order valence-corrected chi connectivity index (χ1v) is 9.30. The van der Waals surface area contributed by atoms with Gasteiger partial charge >= 0.3 is 0 Å². The van der Waals surface area contributed by atoms with Crippen molar-refractivity contribution in [1.82, 2.24) is 9.46 Å². The van der Waals surface area contributed by atoms with Crippen molar-refractivity contribution in [1.29, 1.82) is 0 Å². The molecule has 0 amide bonds. The van der Waals surface area contributed by atoms with Crippen LogP contribution in [0.3, 0.4) is 0 Å². The molecule has 0 saturated carbocycles. The summed E-state index contributed by atoms with van der Waals surface area (Å²) in [6, 6.07) is 7.94. The van der Waals surface area contributed by atoms with Gasteiger partial charge in [0.15, 0.2) is 5.76 Å². The van der Waals surface area contributed by atoms with E-state index in [0.29, 0.717) is 18.0 Å². The number of sulfonamides is 1. The SMILES string of the molecule is Cc1noc(C)c1S(=O)(=O)N1CCc2ccccc2C1C(C)C. The van der Waals surface area contributed by atoms with Gasteiger partial charge in [-0.15, -0.1) is 0 Å². The van der Waals surface area contributed by atoms with Crippen LogP contribution in [0, 0.1) is 19.8 Å². The van der Waals surface area contributed by atoms with Crippen LogP contribution in [0.15, 0.2) is 33.7 Å². The van der Waals surface area contributed by atoms with E-state index in [1.54, 1.807) is 18.2 Å². The molecule has 5 nitrogen and oxygen atoms in total. The molecule has 124 valence electrons. The third-order valence-electron chi connectivity index (χ3n) is 4.45. The topological polar surface area (TPSA) is 63.4 Å². The Labute approximate surface area is 137 Å². The zero-order valence-electron chi connectivity index (χ0n) is 13.9. The number of nitrogens with zero attached hydrogens (tertiary/aromatic N) is 2. The summed E-state index contributed by atoms with van der Waals surface area (Å²) in [6.45, 7) is 7.91. The van der Waals surface area contributed by atoms with Crippen LogP contribution in [-0.2, 0) is 16.4 Å². The smallest absolute Gasteiger partial charge is 0.249 e. The maximum absolute atomic E-state index is 13.2. The normalized spacial score (nSPS) is 19.1. The molecule has 6 heteroatoms. The van der Waals surface area contributed by atoms with Gasteiger partial charge in [-0.05, 0) is 37.3 Å². The number of benzene rings is 1. The van der Waals surface area contributed by atoms with Crippen LogP contribution in [0.5, 0.6) is 0 Å². The van der Waals surface area contributed by atoms with Crippen LogP contribution in [0.4, 0.5) is 0 Å². The minimum Gasteiger partial charge on any atom is -0.360 e. The molecule has 0 aliphatic carbocycles. The lowest BCUT2D eigenvalue weighted by Crippen LogP contribution is -2.42. The molecule has 1 aliphatic rings. The van der Waals surface area contributed by atoms with E-state index in [1.807, 2.05) is 18.2 Å². The maximum atomic E-state index is 13.2. The molecule has 23 heavy (non-hydrogen) atoms. The number of aromatic nitrogens is 1. The molecule has 0 fully saturated rings. The summed E-state index contributed by atoms with van der Waals surface area (Å²) in [7, 11) is -3.64. The van der Waals surface area contributed by atoms with Crippen molar-refractivity contribution < 1.29 is 12.9 Å². The first kappa shape index (κ1) is 16.2. The van der Waals surface area contributed by atoms with Gasteiger partial charge in [0.25, 0.3) is 0 Å². The molecular formula is C17H22N2O3S. The lowest BCUT2D eigenvalue weighted by molar-refractivity contribution is 0.247. The number of hydrogen-bond acceptors (Lipinski definition) is 4. The minimum absolute atomic E-state index is 0.168. The Balaban J connectivity index is 2.13. The monoisotopic (exact) mass is 334 g/mol. The van der Waals surface area contributed by atoms with Crippen molar-refractivity contribution in [3.05, 3.63) is 46.8 Å². The van der Waals surface area contributed by atoms with Gasteiger partial charge in [0, 0.05) is 6.54 Å². The first-order valence-electron chi connectivity index (χ1n) is 7.86. The Morgan fingerprint density at radius 1 is 1.26 bits per heavy atom. The van der Waals surface area contributed by atoms with E-state index in [9.17, 15) is 8.42 Å². The highest BCUT2D eigenvalue weighted by Gasteiger charge is 2.40. The van der Waals surface area contributed by atoms with Gasteiger partial charge in [-0.1, -0.05) is 43.3 Å². The van der Waals surface area contributed by atoms with Crippen molar-refractivity contribution in [3.8, 4) is 0 Å². The van der Waals surface area contributed by atoms with E-state index in [0.717, 1.165) is 12.0 Å². The zero-order chi connectivity index (χ0) is 16.8. The van der Waals surface area contributed by atoms with E-state index in [2.05, 4.69) is 25.1 Å². The van der Waals surface area contributed by atoms with Crippen LogP contribution in [-0.4, -0.2) is 24.4 Å². The predicted molar refractivity (Wildman–Crippen MR) is 87.6 cm³/mol. The summed E-state index contributed by atoms with van der Waals surface area (Å²) in [4.78, 5) is 0.211. The quantitative estimate of drug-likeness (QED) is 0.864. The molecule has 2 aromatic rings. The number of rotatable bonds is 3. The molecule has 0 spiro atoms. The van der Waals surface area contributed by atoms with Gasteiger partial charge in [-0.3, -0.25) is 0 Å². The second-order valence-corrected chi connectivity index (χ2v) is 8.23. The molecule has 3 rings (SSSR count). The highest BCUT2D eigenvalue weighted by Crippen LogP contribution is 2.39. The molecule has 2 heterocycles. The highest BCUT2D eigenvalue weighted by molar-refractivity contribution is 7.89. The molecule has 1 atom stereocenters. The highest BCUT2D eigenvalue weighted by atomic mass is 32.2. The van der Waals surface area contributed by atoms with E-state index >= 15 is 0 Å². The van der Waals surface area contributed by atoms with Gasteiger partial charge in [0.1, 0.15) is 10.6 Å². The van der Waals surface area contributed by atoms with Crippen molar-refractivity contribution in [2.45, 2.75) is 45.1 Å². The zero-order valence-corrected chi connectivity index (χ0v) is 14.7. The molecule has 1 aromatic carbocycles. The fourth-order valence-corrected chi connectivity index (χ4v) is 5.53. The van der Waals surface area contributed by atoms with Crippen molar-refractivity contribution in [2.75, 3.05) is 6.54 Å². The standard InChI is InChI=1S/C17H22N2O3S/c1-11(2)16-15-8-6-5-7-14(15)9-10-19(16)23(20,21)17-12(3)18-22-13(17)4/h5-8,11,16H,9-10H2,1-4H3. The summed E-state index contributed by atoms with van der Waals surface area (Å²) in [6.07, 6.45) is 0.724. The lowest BCUT2D eigenvalue weighted by Gasteiger charge is -2.38. The fraction of sp³-hybridized carbons (Fsp3) is 0.471. The Morgan fingerprint density at radius 2 is 1.96 bits per heavy atom. The van der Waals surface area contributed by atoms with Gasteiger partial charge in [0.05, 0.1) is 6.04 Å². The van der Waals surface area contributed by atoms with Gasteiger partial charge in [-0.25, -0.2) is 8.42 Å². The second-order valence-electron chi connectivity index (χ2n) is 6.41. The number of hydrogen-bond donors (Lipinski definition) is 0. The summed E-state index contributed by atoms with van der Waals surface area (Å²) < 4.78 is 33.2. The van der Waals surface area contributed by atoms with E-state index in [-0.39, 0.29) is 16.9 Å². The third-order valence-corrected chi connectivity index (χ3v) is 6.58. The Kier molecular flexibility index (Phi) is 4.06. The molecule has 1 aliphatic heterocycles. The number of aryl methyl sites for hydroxylation is 2. The third kappa shape index (κ3) is 2.60. The van der Waals surface area contributed by atoms with Crippen molar-refractivity contribution in [2.24, 2.45) is 5.92 Å². The Hall–Kier alpha value is -1.66. The van der Waals surface area contributed by atoms with Crippen LogP contribution in [0.1, 0.15) is 42.5 Å². The second kappa shape index (κ2) is 5.76. The van der Waals surface area contributed by atoms with Crippen LogP contribution in [0.2, 0.25) is 0 Å². The summed E-state index contributed by atoms with van der Waals surface area (Å²) in [5, 5.41) is 3.81. The van der Waals surface area contributed by atoms with Crippen LogP contribution in [0.25, 0.3) is 0 Å².